The highest BCUT2D eigenvalue weighted by atomic mass is 35.5. The Kier molecular flexibility index (Phi) is 6.24. The number of nitrogens with one attached hydrogen (secondary N) is 1. The van der Waals surface area contributed by atoms with Crippen molar-refractivity contribution in [1.29, 1.82) is 0 Å². The van der Waals surface area contributed by atoms with Crippen LogP contribution in [0.4, 0.5) is 11.4 Å². The number of fused-ring (bicyclic) bond motifs is 2. The molecule has 1 aliphatic rings. The first-order valence-corrected chi connectivity index (χ1v) is 12.5. The van der Waals surface area contributed by atoms with E-state index >= 15 is 0 Å². The van der Waals surface area contributed by atoms with E-state index in [1.165, 1.54) is 0 Å². The van der Waals surface area contributed by atoms with Crippen LogP contribution in [0.25, 0.3) is 0 Å². The number of amides is 2. The molecule has 0 bridgehead atoms. The van der Waals surface area contributed by atoms with Gasteiger partial charge in [-0.15, -0.1) is 0 Å². The number of nitrogens with zero attached hydrogens (tertiary/aromatic N) is 1. The molecule has 7 heteroatoms. The molecule has 0 aliphatic carbocycles. The summed E-state index contributed by atoms with van der Waals surface area (Å²) in [5, 5.41) is 3.48. The molecular formula is C28H21ClN2O3S. The van der Waals surface area contributed by atoms with Crippen molar-refractivity contribution in [3.8, 4) is 0 Å². The van der Waals surface area contributed by atoms with Crippen molar-refractivity contribution in [3.63, 3.8) is 0 Å². The molecule has 0 radical (unpaired) electrons. The minimum Gasteiger partial charge on any atom is -0.322 e. The SMILES string of the molecule is Cc1ccccc1NC(=O)c1ccc2c(c1)N(Cc1cccc(Cl)c1)C(=O)c1ccccc1[S@@]2=O. The third kappa shape index (κ3) is 4.50. The Morgan fingerprint density at radius 1 is 0.914 bits per heavy atom. The molecule has 1 atom stereocenters. The highest BCUT2D eigenvalue weighted by Crippen LogP contribution is 2.36. The summed E-state index contributed by atoms with van der Waals surface area (Å²) >= 11 is 6.19. The highest BCUT2D eigenvalue weighted by molar-refractivity contribution is 7.85. The monoisotopic (exact) mass is 500 g/mol. The summed E-state index contributed by atoms with van der Waals surface area (Å²) in [5.41, 5.74) is 3.62. The van der Waals surface area contributed by atoms with Crippen LogP contribution in [-0.4, -0.2) is 16.0 Å². The maximum atomic E-state index is 13.7. The second-order valence-electron chi connectivity index (χ2n) is 8.24. The van der Waals surface area contributed by atoms with E-state index in [2.05, 4.69) is 5.32 Å². The van der Waals surface area contributed by atoms with Crippen molar-refractivity contribution >= 4 is 45.6 Å². The van der Waals surface area contributed by atoms with E-state index in [9.17, 15) is 13.8 Å². The number of halogens is 1. The van der Waals surface area contributed by atoms with Gasteiger partial charge in [0, 0.05) is 16.3 Å². The van der Waals surface area contributed by atoms with Gasteiger partial charge in [-0.1, -0.05) is 54.1 Å². The number of hydrogen-bond donors (Lipinski definition) is 1. The number of carbonyl (C=O) groups excluding carboxylic acids is 2. The van der Waals surface area contributed by atoms with Gasteiger partial charge in [0.25, 0.3) is 11.8 Å². The molecular weight excluding hydrogens is 480 g/mol. The summed E-state index contributed by atoms with van der Waals surface area (Å²) in [4.78, 5) is 29.3. The number of benzene rings is 4. The fourth-order valence-electron chi connectivity index (χ4n) is 4.09. The molecule has 2 amide bonds. The number of para-hydroxylation sites is 1. The minimum absolute atomic E-state index is 0.209. The second-order valence-corrected chi connectivity index (χ2v) is 10.1. The first-order chi connectivity index (χ1) is 16.9. The van der Waals surface area contributed by atoms with Crippen LogP contribution >= 0.6 is 11.6 Å². The van der Waals surface area contributed by atoms with E-state index in [1.54, 1.807) is 59.5 Å². The van der Waals surface area contributed by atoms with Gasteiger partial charge in [0.05, 0.1) is 38.4 Å². The molecule has 1 aliphatic heterocycles. The van der Waals surface area contributed by atoms with Crippen molar-refractivity contribution in [2.24, 2.45) is 0 Å². The lowest BCUT2D eigenvalue weighted by Gasteiger charge is -2.24. The Balaban J connectivity index is 1.61. The third-order valence-corrected chi connectivity index (χ3v) is 7.63. The summed E-state index contributed by atoms with van der Waals surface area (Å²) in [6.07, 6.45) is 0. The van der Waals surface area contributed by atoms with Gasteiger partial charge in [-0.2, -0.15) is 0 Å². The van der Waals surface area contributed by atoms with Crippen molar-refractivity contribution in [3.05, 3.63) is 118 Å². The lowest BCUT2D eigenvalue weighted by atomic mass is 10.1. The number of carbonyl (C=O) groups is 2. The number of aryl methyl sites for hydroxylation is 1. The molecule has 1 N–H and O–H groups in total. The Labute approximate surface area is 210 Å². The van der Waals surface area contributed by atoms with E-state index in [4.69, 9.17) is 11.6 Å². The van der Waals surface area contributed by atoms with Gasteiger partial charge in [-0.25, -0.2) is 4.21 Å². The Bertz CT molecular complexity index is 1500. The van der Waals surface area contributed by atoms with Gasteiger partial charge in [0.1, 0.15) is 0 Å². The number of rotatable bonds is 4. The summed E-state index contributed by atoms with van der Waals surface area (Å²) in [6.45, 7) is 2.12. The third-order valence-electron chi connectivity index (χ3n) is 5.90. The minimum atomic E-state index is -1.59. The molecule has 4 aromatic rings. The summed E-state index contributed by atoms with van der Waals surface area (Å²) in [7, 11) is -1.59. The molecule has 5 nitrogen and oxygen atoms in total. The molecule has 5 rings (SSSR count). The number of hydrogen-bond acceptors (Lipinski definition) is 3. The molecule has 0 saturated carbocycles. The largest absolute Gasteiger partial charge is 0.322 e. The maximum Gasteiger partial charge on any atom is 0.259 e. The first-order valence-electron chi connectivity index (χ1n) is 11.0. The van der Waals surface area contributed by atoms with E-state index in [0.29, 0.717) is 37.3 Å². The van der Waals surface area contributed by atoms with Crippen LogP contribution in [0.15, 0.2) is 101 Å². The quantitative estimate of drug-likeness (QED) is 0.361. The van der Waals surface area contributed by atoms with Gasteiger partial charge in [-0.3, -0.25) is 9.59 Å². The molecule has 0 fully saturated rings. The van der Waals surface area contributed by atoms with E-state index < -0.39 is 10.8 Å². The fraction of sp³-hybridized carbons (Fsp3) is 0.0714. The maximum absolute atomic E-state index is 13.7. The first kappa shape index (κ1) is 23.0. The Morgan fingerprint density at radius 3 is 2.49 bits per heavy atom. The smallest absolute Gasteiger partial charge is 0.259 e. The van der Waals surface area contributed by atoms with Crippen molar-refractivity contribution in [1.82, 2.24) is 0 Å². The predicted molar refractivity (Wildman–Crippen MR) is 139 cm³/mol. The van der Waals surface area contributed by atoms with Gasteiger partial charge >= 0.3 is 0 Å². The van der Waals surface area contributed by atoms with Crippen molar-refractivity contribution in [2.75, 3.05) is 10.2 Å². The number of anilines is 2. The van der Waals surface area contributed by atoms with Crippen LogP contribution in [0.1, 0.15) is 31.8 Å². The standard InChI is InChI=1S/C28H21ClN2O3S/c1-18-7-2-4-11-23(18)30-27(32)20-13-14-26-24(16-20)31(17-19-8-6-9-21(29)15-19)28(33)22-10-3-5-12-25(22)35(26)34/h2-16H,17H2,1H3,(H,30,32)/t35-/m0/s1. The van der Waals surface area contributed by atoms with Gasteiger partial charge in [0.15, 0.2) is 0 Å². The molecule has 0 saturated heterocycles. The van der Waals surface area contributed by atoms with Gasteiger partial charge in [-0.05, 0) is 66.6 Å². The molecule has 0 aromatic heterocycles. The van der Waals surface area contributed by atoms with Crippen LogP contribution < -0.4 is 10.2 Å². The van der Waals surface area contributed by atoms with Crippen LogP contribution in [-0.2, 0) is 17.3 Å². The Hall–Kier alpha value is -3.74. The lowest BCUT2D eigenvalue weighted by molar-refractivity contribution is 0.0979. The molecule has 1 heterocycles. The fourth-order valence-corrected chi connectivity index (χ4v) is 5.64. The highest BCUT2D eigenvalue weighted by Gasteiger charge is 2.31. The van der Waals surface area contributed by atoms with Gasteiger partial charge < -0.3 is 10.2 Å². The zero-order valence-corrected chi connectivity index (χ0v) is 20.4. The zero-order valence-electron chi connectivity index (χ0n) is 18.8. The lowest BCUT2D eigenvalue weighted by Crippen LogP contribution is -2.30. The average Bonchev–Trinajstić information content (AvgIpc) is 2.95. The topological polar surface area (TPSA) is 66.5 Å². The summed E-state index contributed by atoms with van der Waals surface area (Å²) in [5.74, 6) is -0.603. The summed E-state index contributed by atoms with van der Waals surface area (Å²) in [6, 6.07) is 26.6. The summed E-state index contributed by atoms with van der Waals surface area (Å²) < 4.78 is 13.6. The van der Waals surface area contributed by atoms with Crippen molar-refractivity contribution < 1.29 is 13.8 Å². The Morgan fingerprint density at radius 2 is 1.69 bits per heavy atom. The predicted octanol–water partition coefficient (Wildman–Crippen LogP) is 6.23. The van der Waals surface area contributed by atoms with E-state index in [1.807, 2.05) is 43.3 Å². The van der Waals surface area contributed by atoms with E-state index in [-0.39, 0.29) is 18.4 Å². The normalized spacial score (nSPS) is 14.6. The molecule has 174 valence electrons. The molecule has 0 spiro atoms. The van der Waals surface area contributed by atoms with Crippen molar-refractivity contribution in [2.45, 2.75) is 23.3 Å². The molecule has 35 heavy (non-hydrogen) atoms. The molecule has 0 unspecified atom stereocenters. The van der Waals surface area contributed by atoms with Crippen LogP contribution in [0, 0.1) is 6.92 Å². The molecule has 4 aromatic carbocycles. The van der Waals surface area contributed by atoms with Crippen LogP contribution in [0.2, 0.25) is 5.02 Å². The average molecular weight is 501 g/mol. The van der Waals surface area contributed by atoms with E-state index in [0.717, 1.165) is 11.1 Å². The zero-order chi connectivity index (χ0) is 24.5. The van der Waals surface area contributed by atoms with Gasteiger partial charge in [0.2, 0.25) is 0 Å². The van der Waals surface area contributed by atoms with Crippen LogP contribution in [0.3, 0.4) is 0 Å². The van der Waals surface area contributed by atoms with Crippen LogP contribution in [0.5, 0.6) is 0 Å². The second kappa shape index (κ2) is 9.49.